The van der Waals surface area contributed by atoms with Crippen molar-refractivity contribution >= 4 is 39.5 Å². The molecule has 2 aliphatic rings. The van der Waals surface area contributed by atoms with Gasteiger partial charge in [-0.25, -0.2) is 4.98 Å². The van der Waals surface area contributed by atoms with Crippen molar-refractivity contribution in [3.8, 4) is 45.4 Å². The predicted octanol–water partition coefficient (Wildman–Crippen LogP) is 10.8. The molecule has 5 aromatic rings. The van der Waals surface area contributed by atoms with Crippen molar-refractivity contribution in [2.45, 2.75) is 85.0 Å². The summed E-state index contributed by atoms with van der Waals surface area (Å²) in [6, 6.07) is 18.5. The number of amidine groups is 1. The Bertz CT molecular complexity index is 2680. The van der Waals surface area contributed by atoms with E-state index in [0.717, 1.165) is 27.9 Å². The third kappa shape index (κ3) is 12.5. The molecule has 2 aromatic carbocycles. The normalized spacial score (nSPS) is 14.7. The number of nitrogens with two attached hydrogens (primary N) is 1. The summed E-state index contributed by atoms with van der Waals surface area (Å²) in [5.74, 6) is 0.249. The van der Waals surface area contributed by atoms with Gasteiger partial charge in [0.15, 0.2) is 5.78 Å². The van der Waals surface area contributed by atoms with Gasteiger partial charge in [-0.3, -0.25) is 29.8 Å². The molecule has 7 rings (SSSR count). The molecule has 0 aliphatic heterocycles. The Kier molecular flexibility index (Phi) is 16.7. The number of ketones is 1. The molecule has 0 unspecified atom stereocenters. The highest BCUT2D eigenvalue weighted by Gasteiger charge is 2.67. The second-order valence-corrected chi connectivity index (χ2v) is 19.0. The highest BCUT2D eigenvalue weighted by atomic mass is 79.9. The van der Waals surface area contributed by atoms with Crippen LogP contribution < -0.4 is 15.2 Å². The van der Waals surface area contributed by atoms with Crippen LogP contribution >= 0.6 is 15.9 Å². The first kappa shape index (κ1) is 54.6. The summed E-state index contributed by atoms with van der Waals surface area (Å²) in [6.45, 7) is 11.2. The van der Waals surface area contributed by atoms with Gasteiger partial charge in [0, 0.05) is 40.8 Å². The molecule has 4 N–H and O–H groups in total. The number of imidazole rings is 1. The molecule has 2 fully saturated rings. The minimum atomic E-state index is -4.35. The Hall–Kier alpha value is -6.31. The number of hydrogen-bond donors (Lipinski definition) is 3. The average Bonchev–Trinajstić information content (AvgIpc) is 4.26. The molecule has 2 saturated carbocycles. The van der Waals surface area contributed by atoms with Crippen molar-refractivity contribution in [3.63, 3.8) is 0 Å². The van der Waals surface area contributed by atoms with Gasteiger partial charge < -0.3 is 29.7 Å². The van der Waals surface area contributed by atoms with Gasteiger partial charge in [0.1, 0.15) is 47.2 Å². The van der Waals surface area contributed by atoms with E-state index in [1.165, 1.54) is 20.4 Å². The molecule has 376 valence electrons. The summed E-state index contributed by atoms with van der Waals surface area (Å²) in [6.07, 6.45) is -4.07. The monoisotopic (exact) mass is 1040 g/mol. The zero-order valence-corrected chi connectivity index (χ0v) is 41.5. The van der Waals surface area contributed by atoms with Crippen LogP contribution in [0.15, 0.2) is 79.3 Å². The fourth-order valence-corrected chi connectivity index (χ4v) is 7.64. The van der Waals surface area contributed by atoms with Crippen LogP contribution in [-0.2, 0) is 29.3 Å². The molecule has 0 saturated heterocycles. The maximum Gasteiger partial charge on any atom is 0.401 e. The summed E-state index contributed by atoms with van der Waals surface area (Å²) in [7, 11) is 2.71. The van der Waals surface area contributed by atoms with Crippen LogP contribution in [0.4, 0.5) is 26.3 Å². The molecule has 0 radical (unpaired) electrons. The maximum absolute atomic E-state index is 13.4. The average molecular weight is 1050 g/mol. The Labute approximate surface area is 409 Å². The lowest BCUT2D eigenvalue weighted by Crippen LogP contribution is -2.33. The Morgan fingerprint density at radius 1 is 0.700 bits per heavy atom. The molecular formula is C50H55BrF6N6O7. The van der Waals surface area contributed by atoms with E-state index in [1.54, 1.807) is 52.2 Å². The number of esters is 2. The number of Topliss-reactive ketones (excluding diaryl/α,β-unsaturated/α-hetero) is 1. The smallest absolute Gasteiger partial charge is 0.401 e. The van der Waals surface area contributed by atoms with Gasteiger partial charge in [-0.15, -0.1) is 0 Å². The number of aromatic amines is 1. The third-order valence-electron chi connectivity index (χ3n) is 12.1. The second kappa shape index (κ2) is 21.4. The van der Waals surface area contributed by atoms with Crippen molar-refractivity contribution in [2.24, 2.45) is 22.0 Å². The van der Waals surface area contributed by atoms with E-state index in [4.69, 9.17) is 30.1 Å². The molecule has 3 aromatic heterocycles. The molecule has 0 spiro atoms. The number of pyridine rings is 2. The number of nitrogen functional groups attached to an aromatic ring is 1. The number of nitrogens with zero attached hydrogens (tertiary/aromatic N) is 3. The van der Waals surface area contributed by atoms with Gasteiger partial charge in [0.2, 0.25) is 0 Å². The summed E-state index contributed by atoms with van der Waals surface area (Å²) in [5.41, 5.74) is 6.65. The Balaban J connectivity index is 0.000000221. The third-order valence-corrected chi connectivity index (χ3v) is 12.6. The van der Waals surface area contributed by atoms with Gasteiger partial charge >= 0.3 is 24.3 Å². The van der Waals surface area contributed by atoms with Crippen molar-refractivity contribution in [2.75, 3.05) is 32.8 Å². The van der Waals surface area contributed by atoms with E-state index < -0.39 is 39.8 Å². The van der Waals surface area contributed by atoms with Gasteiger partial charge in [-0.2, -0.15) is 26.3 Å². The molecular weight excluding hydrogens is 990 g/mol. The van der Waals surface area contributed by atoms with Crippen LogP contribution in [0.5, 0.6) is 11.5 Å². The quantitative estimate of drug-likeness (QED) is 0.0297. The van der Waals surface area contributed by atoms with E-state index in [2.05, 4.69) is 35.9 Å². The van der Waals surface area contributed by atoms with E-state index in [9.17, 15) is 40.7 Å². The number of carbonyl (C=O) groups is 3. The number of methoxy groups -OCH3 is 2. The number of hydrogen-bond acceptors (Lipinski definition) is 11. The predicted molar refractivity (Wildman–Crippen MR) is 253 cm³/mol. The SMILES string of the molecule is COC(=O)C(C)(C)COc1ccc(-c2cc(C)c(-c3ncc(C4(C(F)(F)F)CC4)[nH]3)cn2)cc1.COC(=O)C(C)(C)COc1ccc(-c2cc(C)c(C(=N)N)cn2)cc1.O=C(CBr)C1(C(F)(F)F)CC1. The first-order valence-corrected chi connectivity index (χ1v) is 23.0. The lowest BCUT2D eigenvalue weighted by Gasteiger charge is -2.21. The standard InChI is InChI=1S/C25H26F3N3O3.C19H23N3O3.C6H6BrF3O/c1-15-11-19(16-5-7-17(8-6-16)34-14-23(2,3)22(32)33-4)29-12-18(15)21-30-13-20(31-21)24(9-10-24)25(26,27)28;1-12-9-16(22-10-15(12)17(20)21)13-5-7-14(8-6-13)25-11-19(2,3)18(23)24-4;7-3-4(11)5(1-2-5)6(8,9)10/h5-8,11-13H,9-10,14H2,1-4H3,(H,30,31);5-10H,11H2,1-4H3,(H3,20,21);1-3H2. The van der Waals surface area contributed by atoms with Gasteiger partial charge in [0.05, 0.1) is 47.5 Å². The van der Waals surface area contributed by atoms with E-state index in [1.807, 2.05) is 62.4 Å². The first-order chi connectivity index (χ1) is 32.6. The van der Waals surface area contributed by atoms with Crippen LogP contribution in [0.2, 0.25) is 0 Å². The number of benzene rings is 2. The summed E-state index contributed by atoms with van der Waals surface area (Å²) < 4.78 is 97.5. The van der Waals surface area contributed by atoms with E-state index in [0.29, 0.717) is 34.1 Å². The van der Waals surface area contributed by atoms with Crippen molar-refractivity contribution < 1.29 is 59.7 Å². The lowest BCUT2D eigenvalue weighted by atomic mass is 9.95. The van der Waals surface area contributed by atoms with Crippen LogP contribution in [0.1, 0.15) is 75.8 Å². The number of aromatic nitrogens is 4. The second-order valence-electron chi connectivity index (χ2n) is 18.4. The number of alkyl halides is 7. The first-order valence-electron chi connectivity index (χ1n) is 21.8. The zero-order chi connectivity index (χ0) is 52.0. The van der Waals surface area contributed by atoms with Gasteiger partial charge in [-0.05, 0) is 139 Å². The summed E-state index contributed by atoms with van der Waals surface area (Å²) in [4.78, 5) is 50.1. The summed E-state index contributed by atoms with van der Waals surface area (Å²) >= 11 is 2.73. The maximum atomic E-state index is 13.4. The van der Waals surface area contributed by atoms with Gasteiger partial charge in [0.25, 0.3) is 0 Å². The van der Waals surface area contributed by atoms with Crippen LogP contribution in [0, 0.1) is 35.5 Å². The largest absolute Gasteiger partial charge is 0.492 e. The fourth-order valence-electron chi connectivity index (χ4n) is 7.10. The van der Waals surface area contributed by atoms with Crippen LogP contribution in [0.3, 0.4) is 0 Å². The molecule has 2 aliphatic carbocycles. The summed E-state index contributed by atoms with van der Waals surface area (Å²) in [5, 5.41) is 7.31. The lowest BCUT2D eigenvalue weighted by molar-refractivity contribution is -0.189. The number of nitrogens with one attached hydrogen (secondary N) is 2. The molecule has 3 heterocycles. The number of H-pyrrole nitrogens is 1. The fraction of sp³-hybridized carbons (Fsp3) is 0.420. The number of carbonyl (C=O) groups excluding carboxylic acids is 3. The molecule has 0 atom stereocenters. The number of ether oxygens (including phenoxy) is 4. The van der Waals surface area contributed by atoms with Crippen molar-refractivity contribution in [1.29, 1.82) is 5.41 Å². The topological polar surface area (TPSA) is 192 Å². The highest BCUT2D eigenvalue weighted by Crippen LogP contribution is 2.59. The Morgan fingerprint density at radius 3 is 1.50 bits per heavy atom. The van der Waals surface area contributed by atoms with Crippen LogP contribution in [0.25, 0.3) is 33.9 Å². The van der Waals surface area contributed by atoms with Crippen molar-refractivity contribution in [3.05, 3.63) is 102 Å². The number of aryl methyl sites for hydroxylation is 2. The van der Waals surface area contributed by atoms with E-state index >= 15 is 0 Å². The highest BCUT2D eigenvalue weighted by molar-refractivity contribution is 9.09. The Morgan fingerprint density at radius 2 is 1.16 bits per heavy atom. The molecule has 70 heavy (non-hydrogen) atoms. The molecule has 13 nitrogen and oxygen atoms in total. The number of rotatable bonds is 15. The van der Waals surface area contributed by atoms with Gasteiger partial charge in [-0.1, -0.05) is 15.9 Å². The van der Waals surface area contributed by atoms with Crippen molar-refractivity contribution in [1.82, 2.24) is 19.9 Å². The molecule has 0 bridgehead atoms. The van der Waals surface area contributed by atoms with E-state index in [-0.39, 0.29) is 67.7 Å². The minimum Gasteiger partial charge on any atom is -0.492 e. The molecule has 20 heteroatoms. The zero-order valence-electron chi connectivity index (χ0n) is 39.9. The van der Waals surface area contributed by atoms with Crippen LogP contribution in [-0.4, -0.2) is 88.6 Å². The number of halogens is 7. The molecule has 0 amide bonds. The minimum absolute atomic E-state index is 0.00789.